The fraction of sp³-hybridized carbons (Fsp3) is 0.421. The fourth-order valence-electron chi connectivity index (χ4n) is 3.19. The normalized spacial score (nSPS) is 18.4. The van der Waals surface area contributed by atoms with Crippen LogP contribution in [0.1, 0.15) is 25.7 Å². The van der Waals surface area contributed by atoms with E-state index in [0.717, 1.165) is 55.8 Å². The van der Waals surface area contributed by atoms with E-state index in [0.29, 0.717) is 11.8 Å². The number of likely N-dealkylation sites (tertiary alicyclic amines) is 1. The van der Waals surface area contributed by atoms with Crippen LogP contribution in [0.15, 0.2) is 42.9 Å². The van der Waals surface area contributed by atoms with Crippen molar-refractivity contribution in [1.82, 2.24) is 14.9 Å². The summed E-state index contributed by atoms with van der Waals surface area (Å²) in [5, 5.41) is 0. The predicted octanol–water partition coefficient (Wildman–Crippen LogP) is 2.92. The molecule has 24 heavy (non-hydrogen) atoms. The molecule has 2 aromatic rings. The van der Waals surface area contributed by atoms with Gasteiger partial charge in [-0.05, 0) is 31.0 Å². The summed E-state index contributed by atoms with van der Waals surface area (Å²) < 4.78 is 6.25. The largest absolute Gasteiger partial charge is 0.490 e. The zero-order chi connectivity index (χ0) is 16.4. The Morgan fingerprint density at radius 2 is 1.88 bits per heavy atom. The second-order valence-corrected chi connectivity index (χ2v) is 6.51. The average Bonchev–Trinajstić information content (AvgIpc) is 3.48. The Balaban J connectivity index is 1.42. The van der Waals surface area contributed by atoms with Crippen molar-refractivity contribution in [1.29, 1.82) is 0 Å². The first-order valence-corrected chi connectivity index (χ1v) is 8.62. The molecule has 0 bridgehead atoms. The van der Waals surface area contributed by atoms with Gasteiger partial charge in [-0.15, -0.1) is 0 Å². The van der Waals surface area contributed by atoms with Crippen LogP contribution in [-0.2, 0) is 4.79 Å². The van der Waals surface area contributed by atoms with Gasteiger partial charge in [0.15, 0.2) is 0 Å². The number of hydrogen-bond donors (Lipinski definition) is 0. The second kappa shape index (κ2) is 6.59. The Labute approximate surface area is 141 Å². The van der Waals surface area contributed by atoms with Crippen LogP contribution in [-0.4, -0.2) is 40.0 Å². The van der Waals surface area contributed by atoms with Crippen LogP contribution in [0.5, 0.6) is 5.75 Å². The number of aromatic nitrogens is 2. The predicted molar refractivity (Wildman–Crippen MR) is 90.4 cm³/mol. The van der Waals surface area contributed by atoms with E-state index >= 15 is 0 Å². The maximum atomic E-state index is 12.1. The summed E-state index contributed by atoms with van der Waals surface area (Å²) in [5.41, 5.74) is 1.85. The van der Waals surface area contributed by atoms with Crippen LogP contribution in [0.4, 0.5) is 0 Å². The number of ether oxygens (including phenoxy) is 1. The number of rotatable bonds is 4. The van der Waals surface area contributed by atoms with Gasteiger partial charge in [-0.2, -0.15) is 0 Å². The monoisotopic (exact) mass is 323 g/mol. The van der Waals surface area contributed by atoms with Crippen molar-refractivity contribution in [3.05, 3.63) is 42.9 Å². The molecule has 1 aromatic carbocycles. The van der Waals surface area contributed by atoms with Gasteiger partial charge in [0.05, 0.1) is 5.69 Å². The van der Waals surface area contributed by atoms with E-state index in [1.54, 1.807) is 12.5 Å². The number of nitrogens with zero attached hydrogens (tertiary/aromatic N) is 3. The minimum Gasteiger partial charge on any atom is -0.490 e. The molecule has 0 radical (unpaired) electrons. The highest BCUT2D eigenvalue weighted by Gasteiger charge is 2.35. The lowest BCUT2D eigenvalue weighted by Crippen LogP contribution is -2.42. The van der Waals surface area contributed by atoms with Crippen LogP contribution in [0.3, 0.4) is 0 Å². The molecule has 1 aliphatic heterocycles. The van der Waals surface area contributed by atoms with Crippen molar-refractivity contribution in [2.24, 2.45) is 5.92 Å². The van der Waals surface area contributed by atoms with Crippen molar-refractivity contribution in [3.63, 3.8) is 0 Å². The van der Waals surface area contributed by atoms with Crippen LogP contribution in [0.2, 0.25) is 0 Å². The van der Waals surface area contributed by atoms with E-state index in [1.807, 2.05) is 35.2 Å². The number of carbonyl (C=O) groups excluding carboxylic acids is 1. The lowest BCUT2D eigenvalue weighted by Gasteiger charge is -2.32. The summed E-state index contributed by atoms with van der Waals surface area (Å²) in [4.78, 5) is 22.4. The third-order valence-electron chi connectivity index (χ3n) is 4.72. The minimum absolute atomic E-state index is 0.149. The standard InChI is InChI=1S/C19H21N3O2/c23-19(14-5-6-14)22-11-8-15(9-12-22)24-18-4-2-1-3-16(18)17-7-10-20-13-21-17/h1-4,7,10,13-15H,5-6,8-9,11-12H2. The van der Waals surface area contributed by atoms with E-state index < -0.39 is 0 Å². The first-order chi connectivity index (χ1) is 11.8. The molecule has 5 nitrogen and oxygen atoms in total. The number of benzene rings is 1. The van der Waals surface area contributed by atoms with Crippen LogP contribution >= 0.6 is 0 Å². The van der Waals surface area contributed by atoms with Gasteiger partial charge in [0.1, 0.15) is 18.2 Å². The lowest BCUT2D eigenvalue weighted by molar-refractivity contribution is -0.134. The summed E-state index contributed by atoms with van der Waals surface area (Å²) in [6.45, 7) is 1.60. The number of hydrogen-bond acceptors (Lipinski definition) is 4. The maximum absolute atomic E-state index is 12.1. The van der Waals surface area contributed by atoms with Gasteiger partial charge in [0, 0.05) is 43.6 Å². The lowest BCUT2D eigenvalue weighted by atomic mass is 10.1. The van der Waals surface area contributed by atoms with Crippen LogP contribution in [0, 0.1) is 5.92 Å². The van der Waals surface area contributed by atoms with Crippen molar-refractivity contribution < 1.29 is 9.53 Å². The van der Waals surface area contributed by atoms with E-state index in [2.05, 4.69) is 9.97 Å². The molecular weight excluding hydrogens is 302 g/mol. The Bertz CT molecular complexity index is 708. The topological polar surface area (TPSA) is 55.3 Å². The van der Waals surface area contributed by atoms with E-state index in [4.69, 9.17) is 4.74 Å². The summed E-state index contributed by atoms with van der Waals surface area (Å²) in [5.74, 6) is 1.50. The fourth-order valence-corrected chi connectivity index (χ4v) is 3.19. The van der Waals surface area contributed by atoms with Crippen molar-refractivity contribution in [2.45, 2.75) is 31.8 Å². The Hall–Kier alpha value is -2.43. The smallest absolute Gasteiger partial charge is 0.225 e. The van der Waals surface area contributed by atoms with Crippen molar-refractivity contribution in [3.8, 4) is 17.0 Å². The molecular formula is C19H21N3O2. The van der Waals surface area contributed by atoms with Gasteiger partial charge in [0.2, 0.25) is 5.91 Å². The number of carbonyl (C=O) groups is 1. The summed E-state index contributed by atoms with van der Waals surface area (Å²) in [7, 11) is 0. The minimum atomic E-state index is 0.149. The van der Waals surface area contributed by atoms with E-state index in [9.17, 15) is 4.79 Å². The molecule has 1 aliphatic carbocycles. The molecule has 0 spiro atoms. The molecule has 1 aromatic heterocycles. The summed E-state index contributed by atoms with van der Waals surface area (Å²) in [6, 6.07) is 9.86. The Kier molecular flexibility index (Phi) is 4.15. The molecule has 124 valence electrons. The SMILES string of the molecule is O=C(C1CC1)N1CCC(Oc2ccccc2-c2ccncn2)CC1. The van der Waals surface area contributed by atoms with Crippen molar-refractivity contribution >= 4 is 5.91 Å². The van der Waals surface area contributed by atoms with Gasteiger partial charge >= 0.3 is 0 Å². The Morgan fingerprint density at radius 3 is 2.58 bits per heavy atom. The number of piperidine rings is 1. The van der Waals surface area contributed by atoms with Gasteiger partial charge in [0.25, 0.3) is 0 Å². The zero-order valence-corrected chi connectivity index (χ0v) is 13.6. The highest BCUT2D eigenvalue weighted by atomic mass is 16.5. The molecule has 1 saturated heterocycles. The molecule has 2 heterocycles. The van der Waals surface area contributed by atoms with Crippen LogP contribution in [0.25, 0.3) is 11.3 Å². The molecule has 0 N–H and O–H groups in total. The first-order valence-electron chi connectivity index (χ1n) is 8.62. The zero-order valence-electron chi connectivity index (χ0n) is 13.6. The quantitative estimate of drug-likeness (QED) is 0.868. The number of amides is 1. The molecule has 1 saturated carbocycles. The van der Waals surface area contributed by atoms with Gasteiger partial charge in [-0.3, -0.25) is 4.79 Å². The first kappa shape index (κ1) is 15.1. The molecule has 0 atom stereocenters. The molecule has 1 amide bonds. The molecule has 2 fully saturated rings. The molecule has 2 aliphatic rings. The highest BCUT2D eigenvalue weighted by molar-refractivity contribution is 5.81. The summed E-state index contributed by atoms with van der Waals surface area (Å²) >= 11 is 0. The van der Waals surface area contributed by atoms with Crippen LogP contribution < -0.4 is 4.74 Å². The third-order valence-corrected chi connectivity index (χ3v) is 4.72. The van der Waals surface area contributed by atoms with Gasteiger partial charge in [-0.25, -0.2) is 9.97 Å². The molecule has 0 unspecified atom stereocenters. The van der Waals surface area contributed by atoms with Crippen molar-refractivity contribution in [2.75, 3.05) is 13.1 Å². The molecule has 5 heteroatoms. The van der Waals surface area contributed by atoms with E-state index in [-0.39, 0.29) is 6.10 Å². The second-order valence-electron chi connectivity index (χ2n) is 6.51. The Morgan fingerprint density at radius 1 is 1.08 bits per heavy atom. The third kappa shape index (κ3) is 3.25. The van der Waals surface area contributed by atoms with Gasteiger partial charge < -0.3 is 9.64 Å². The highest BCUT2D eigenvalue weighted by Crippen LogP contribution is 2.33. The maximum Gasteiger partial charge on any atom is 0.225 e. The van der Waals surface area contributed by atoms with E-state index in [1.165, 1.54) is 0 Å². The van der Waals surface area contributed by atoms with Gasteiger partial charge in [-0.1, -0.05) is 12.1 Å². The summed E-state index contributed by atoms with van der Waals surface area (Å²) in [6.07, 6.45) is 7.35. The average molecular weight is 323 g/mol. The number of para-hydroxylation sites is 1. The molecule has 4 rings (SSSR count).